The summed E-state index contributed by atoms with van der Waals surface area (Å²) in [5.41, 5.74) is 3.70. The first kappa shape index (κ1) is 15.0. The quantitative estimate of drug-likeness (QED) is 0.732. The molecule has 3 aromatic rings. The predicted octanol–water partition coefficient (Wildman–Crippen LogP) is 4.72. The van der Waals surface area contributed by atoms with Crippen LogP contribution in [0, 0.1) is 19.7 Å². The van der Waals surface area contributed by atoms with E-state index in [9.17, 15) is 4.39 Å². The van der Waals surface area contributed by atoms with Crippen LogP contribution in [0.2, 0.25) is 0 Å². The summed E-state index contributed by atoms with van der Waals surface area (Å²) in [6, 6.07) is 16.0. The zero-order valence-corrected chi connectivity index (χ0v) is 13.0. The number of aromatic nitrogens is 2. The standard InChI is InChI=1S/C18H17FN4/c1-12-4-3-5-16(10-12)22-18-20-13(2)11-17(23-18)21-15-8-6-14(19)7-9-15/h3-11H,1-2H3,(H2,20,21,22,23). The van der Waals surface area contributed by atoms with E-state index in [1.165, 1.54) is 12.1 Å². The van der Waals surface area contributed by atoms with Crippen molar-refractivity contribution in [1.82, 2.24) is 9.97 Å². The van der Waals surface area contributed by atoms with Gasteiger partial charge in [0.15, 0.2) is 0 Å². The molecule has 5 heteroatoms. The second-order valence-electron chi connectivity index (χ2n) is 5.34. The molecule has 0 amide bonds. The predicted molar refractivity (Wildman–Crippen MR) is 90.9 cm³/mol. The molecule has 0 saturated carbocycles. The minimum Gasteiger partial charge on any atom is -0.340 e. The number of anilines is 4. The van der Waals surface area contributed by atoms with Gasteiger partial charge in [-0.05, 0) is 55.8 Å². The van der Waals surface area contributed by atoms with Gasteiger partial charge >= 0.3 is 0 Å². The smallest absolute Gasteiger partial charge is 0.229 e. The lowest BCUT2D eigenvalue weighted by molar-refractivity contribution is 0.628. The maximum atomic E-state index is 13.0. The van der Waals surface area contributed by atoms with Gasteiger partial charge in [-0.25, -0.2) is 9.37 Å². The molecule has 3 rings (SSSR count). The van der Waals surface area contributed by atoms with Crippen LogP contribution in [0.3, 0.4) is 0 Å². The summed E-state index contributed by atoms with van der Waals surface area (Å²) in [6.07, 6.45) is 0. The number of aryl methyl sites for hydroxylation is 2. The van der Waals surface area contributed by atoms with Crippen LogP contribution in [0.15, 0.2) is 54.6 Å². The molecule has 0 radical (unpaired) electrons. The Labute approximate surface area is 134 Å². The Kier molecular flexibility index (Phi) is 4.19. The molecule has 23 heavy (non-hydrogen) atoms. The van der Waals surface area contributed by atoms with Crippen molar-refractivity contribution in [2.75, 3.05) is 10.6 Å². The molecule has 116 valence electrons. The van der Waals surface area contributed by atoms with Gasteiger partial charge in [-0.2, -0.15) is 4.98 Å². The fraction of sp³-hybridized carbons (Fsp3) is 0.111. The highest BCUT2D eigenvalue weighted by Gasteiger charge is 2.04. The number of hydrogen-bond acceptors (Lipinski definition) is 4. The lowest BCUT2D eigenvalue weighted by Gasteiger charge is -2.10. The maximum Gasteiger partial charge on any atom is 0.229 e. The van der Waals surface area contributed by atoms with Crippen LogP contribution in [0.25, 0.3) is 0 Å². The summed E-state index contributed by atoms with van der Waals surface area (Å²) in [4.78, 5) is 8.84. The van der Waals surface area contributed by atoms with E-state index in [0.717, 1.165) is 22.6 Å². The van der Waals surface area contributed by atoms with Crippen molar-refractivity contribution in [3.63, 3.8) is 0 Å². The van der Waals surface area contributed by atoms with Crippen LogP contribution in [0.1, 0.15) is 11.3 Å². The van der Waals surface area contributed by atoms with E-state index in [0.29, 0.717) is 11.8 Å². The molecule has 0 saturated heterocycles. The van der Waals surface area contributed by atoms with E-state index in [1.54, 1.807) is 12.1 Å². The van der Waals surface area contributed by atoms with Gasteiger partial charge in [0.2, 0.25) is 5.95 Å². The highest BCUT2D eigenvalue weighted by atomic mass is 19.1. The third kappa shape index (κ3) is 4.03. The molecule has 0 bridgehead atoms. The zero-order valence-electron chi connectivity index (χ0n) is 13.0. The fourth-order valence-corrected chi connectivity index (χ4v) is 2.22. The van der Waals surface area contributed by atoms with Crippen LogP contribution >= 0.6 is 0 Å². The molecule has 0 atom stereocenters. The Balaban J connectivity index is 1.82. The number of hydrogen-bond donors (Lipinski definition) is 2. The normalized spacial score (nSPS) is 10.4. The average molecular weight is 308 g/mol. The van der Waals surface area contributed by atoms with Gasteiger partial charge in [0.05, 0.1) is 0 Å². The highest BCUT2D eigenvalue weighted by Crippen LogP contribution is 2.19. The van der Waals surface area contributed by atoms with Crippen molar-refractivity contribution in [1.29, 1.82) is 0 Å². The summed E-state index contributed by atoms with van der Waals surface area (Å²) < 4.78 is 13.0. The molecular weight excluding hydrogens is 291 g/mol. The summed E-state index contributed by atoms with van der Waals surface area (Å²) in [6.45, 7) is 3.93. The van der Waals surface area contributed by atoms with Gasteiger partial charge in [0.25, 0.3) is 0 Å². The molecule has 0 unspecified atom stereocenters. The van der Waals surface area contributed by atoms with E-state index >= 15 is 0 Å². The molecule has 1 aromatic heterocycles. The van der Waals surface area contributed by atoms with Gasteiger partial charge < -0.3 is 10.6 Å². The SMILES string of the molecule is Cc1cccc(Nc2nc(C)cc(Nc3ccc(F)cc3)n2)c1. The number of benzene rings is 2. The van der Waals surface area contributed by atoms with Gasteiger partial charge in [0.1, 0.15) is 11.6 Å². The molecule has 0 fully saturated rings. The monoisotopic (exact) mass is 308 g/mol. The number of nitrogens with zero attached hydrogens (tertiary/aromatic N) is 2. The maximum absolute atomic E-state index is 13.0. The Morgan fingerprint density at radius 2 is 1.61 bits per heavy atom. The number of halogens is 1. The zero-order chi connectivity index (χ0) is 16.2. The van der Waals surface area contributed by atoms with Gasteiger partial charge in [-0.3, -0.25) is 0 Å². The topological polar surface area (TPSA) is 49.8 Å². The van der Waals surface area contributed by atoms with Crippen LogP contribution in [-0.2, 0) is 0 Å². The third-order valence-corrected chi connectivity index (χ3v) is 3.25. The van der Waals surface area contributed by atoms with E-state index < -0.39 is 0 Å². The summed E-state index contributed by atoms with van der Waals surface area (Å²) >= 11 is 0. The molecule has 2 N–H and O–H groups in total. The minimum atomic E-state index is -0.267. The molecular formula is C18H17FN4. The molecule has 2 aromatic carbocycles. The van der Waals surface area contributed by atoms with Gasteiger partial charge in [-0.1, -0.05) is 12.1 Å². The van der Waals surface area contributed by atoms with E-state index in [4.69, 9.17) is 0 Å². The molecule has 0 aliphatic rings. The molecule has 0 aliphatic heterocycles. The molecule has 0 spiro atoms. The molecule has 0 aliphatic carbocycles. The second kappa shape index (κ2) is 6.44. The lowest BCUT2D eigenvalue weighted by atomic mass is 10.2. The largest absolute Gasteiger partial charge is 0.340 e. The van der Waals surface area contributed by atoms with E-state index in [2.05, 4.69) is 20.6 Å². The Morgan fingerprint density at radius 1 is 0.826 bits per heavy atom. The lowest BCUT2D eigenvalue weighted by Crippen LogP contribution is -2.02. The third-order valence-electron chi connectivity index (χ3n) is 3.25. The van der Waals surface area contributed by atoms with Crippen molar-refractivity contribution in [2.24, 2.45) is 0 Å². The molecule has 4 nitrogen and oxygen atoms in total. The van der Waals surface area contributed by atoms with Gasteiger partial charge in [0, 0.05) is 23.1 Å². The fourth-order valence-electron chi connectivity index (χ4n) is 2.22. The first-order valence-electron chi connectivity index (χ1n) is 7.30. The number of rotatable bonds is 4. The van der Waals surface area contributed by atoms with Crippen molar-refractivity contribution in [3.05, 3.63) is 71.7 Å². The van der Waals surface area contributed by atoms with Crippen LogP contribution in [-0.4, -0.2) is 9.97 Å². The first-order valence-corrected chi connectivity index (χ1v) is 7.30. The van der Waals surface area contributed by atoms with Crippen LogP contribution in [0.4, 0.5) is 27.5 Å². The number of nitrogens with one attached hydrogen (secondary N) is 2. The highest BCUT2D eigenvalue weighted by molar-refractivity contribution is 5.60. The first-order chi connectivity index (χ1) is 11.1. The van der Waals surface area contributed by atoms with E-state index in [-0.39, 0.29) is 5.82 Å². The van der Waals surface area contributed by atoms with Crippen molar-refractivity contribution in [3.8, 4) is 0 Å². The summed E-state index contributed by atoms with van der Waals surface area (Å²) in [7, 11) is 0. The van der Waals surface area contributed by atoms with Crippen LogP contribution in [0.5, 0.6) is 0 Å². The van der Waals surface area contributed by atoms with Gasteiger partial charge in [-0.15, -0.1) is 0 Å². The average Bonchev–Trinajstić information content (AvgIpc) is 2.49. The van der Waals surface area contributed by atoms with E-state index in [1.807, 2.05) is 44.2 Å². The Morgan fingerprint density at radius 3 is 2.35 bits per heavy atom. The van der Waals surface area contributed by atoms with Crippen molar-refractivity contribution >= 4 is 23.1 Å². The molecule has 1 heterocycles. The summed E-state index contributed by atoms with van der Waals surface area (Å²) in [5, 5.41) is 6.35. The minimum absolute atomic E-state index is 0.267. The summed E-state index contributed by atoms with van der Waals surface area (Å²) in [5.74, 6) is 0.899. The van der Waals surface area contributed by atoms with Crippen molar-refractivity contribution < 1.29 is 4.39 Å². The Bertz CT molecular complexity index is 816. The Hall–Kier alpha value is -2.95. The van der Waals surface area contributed by atoms with Crippen LogP contribution < -0.4 is 10.6 Å². The second-order valence-corrected chi connectivity index (χ2v) is 5.34. The van der Waals surface area contributed by atoms with Crippen molar-refractivity contribution in [2.45, 2.75) is 13.8 Å².